The topological polar surface area (TPSA) is 81.2 Å². The first-order valence-electron chi connectivity index (χ1n) is 7.60. The number of amides is 1. The maximum Gasteiger partial charge on any atom is 0.416 e. The molecule has 6 nitrogen and oxygen atoms in total. The van der Waals surface area contributed by atoms with Crippen molar-refractivity contribution in [2.24, 2.45) is 0 Å². The molecule has 0 saturated carbocycles. The smallest absolute Gasteiger partial charge is 0.416 e. The Morgan fingerprint density at radius 3 is 2.33 bits per heavy atom. The van der Waals surface area contributed by atoms with Gasteiger partial charge in [0.15, 0.2) is 0 Å². The molecule has 2 aromatic carbocycles. The van der Waals surface area contributed by atoms with Crippen LogP contribution in [-0.2, 0) is 10.9 Å². The van der Waals surface area contributed by atoms with Gasteiger partial charge in [-0.05, 0) is 36.4 Å². The third-order valence-corrected chi connectivity index (χ3v) is 3.67. The number of ether oxygens (including phenoxy) is 1. The lowest BCUT2D eigenvalue weighted by atomic mass is 10.1. The molecule has 0 fully saturated rings. The number of esters is 1. The molecule has 0 bridgehead atoms. The fourth-order valence-electron chi connectivity index (χ4n) is 2.41. The summed E-state index contributed by atoms with van der Waals surface area (Å²) in [6.07, 6.45) is -1.74. The first-order valence-corrected chi connectivity index (χ1v) is 7.60. The summed E-state index contributed by atoms with van der Waals surface area (Å²) in [7, 11) is 1.05. The van der Waals surface area contributed by atoms with Crippen molar-refractivity contribution >= 4 is 28.6 Å². The minimum Gasteiger partial charge on any atom is -0.465 e. The number of carbonyl (C=O) groups is 2. The molecule has 1 heterocycles. The first-order chi connectivity index (χ1) is 12.8. The van der Waals surface area contributed by atoms with E-state index in [1.807, 2.05) is 0 Å². The van der Waals surface area contributed by atoms with E-state index in [2.05, 4.69) is 20.0 Å². The van der Waals surface area contributed by atoms with Gasteiger partial charge in [-0.1, -0.05) is 0 Å². The lowest BCUT2D eigenvalue weighted by Gasteiger charge is -2.12. The zero-order chi connectivity index (χ0) is 19.6. The van der Waals surface area contributed by atoms with Gasteiger partial charge in [-0.15, -0.1) is 0 Å². The van der Waals surface area contributed by atoms with Gasteiger partial charge in [0.2, 0.25) is 0 Å². The summed E-state index contributed by atoms with van der Waals surface area (Å²) in [5.74, 6) is -1.60. The number of hydrogen-bond acceptors (Lipinski definition) is 5. The summed E-state index contributed by atoms with van der Waals surface area (Å²) in [5, 5.41) is 2.36. The van der Waals surface area contributed by atoms with Crippen LogP contribution >= 0.6 is 0 Å². The monoisotopic (exact) mass is 375 g/mol. The Morgan fingerprint density at radius 2 is 1.67 bits per heavy atom. The van der Waals surface area contributed by atoms with Crippen LogP contribution in [0.1, 0.15) is 26.3 Å². The van der Waals surface area contributed by atoms with Gasteiger partial charge in [-0.3, -0.25) is 14.8 Å². The van der Waals surface area contributed by atoms with Crippen LogP contribution in [-0.4, -0.2) is 29.0 Å². The van der Waals surface area contributed by atoms with Crippen LogP contribution in [0.15, 0.2) is 48.8 Å². The van der Waals surface area contributed by atoms with E-state index in [4.69, 9.17) is 0 Å². The van der Waals surface area contributed by atoms with Gasteiger partial charge in [0.1, 0.15) is 0 Å². The van der Waals surface area contributed by atoms with Gasteiger partial charge < -0.3 is 10.1 Å². The lowest BCUT2D eigenvalue weighted by molar-refractivity contribution is -0.137. The molecule has 0 radical (unpaired) electrons. The molecule has 0 unspecified atom stereocenters. The lowest BCUT2D eigenvalue weighted by Crippen LogP contribution is -2.15. The maximum atomic E-state index is 13.1. The van der Waals surface area contributed by atoms with Crippen molar-refractivity contribution in [2.45, 2.75) is 6.18 Å². The van der Waals surface area contributed by atoms with Crippen LogP contribution < -0.4 is 5.32 Å². The maximum absolute atomic E-state index is 13.1. The van der Waals surface area contributed by atoms with E-state index in [0.29, 0.717) is 17.1 Å². The molecule has 0 aliphatic heterocycles. The van der Waals surface area contributed by atoms with Gasteiger partial charge in [0, 0.05) is 23.6 Å². The summed E-state index contributed by atoms with van der Waals surface area (Å²) < 4.78 is 43.7. The van der Waals surface area contributed by atoms with Crippen molar-refractivity contribution in [1.29, 1.82) is 0 Å². The molecule has 1 amide bonds. The van der Waals surface area contributed by atoms with Crippen molar-refractivity contribution in [3.8, 4) is 0 Å². The van der Waals surface area contributed by atoms with Crippen molar-refractivity contribution in [2.75, 3.05) is 12.4 Å². The van der Waals surface area contributed by atoms with Crippen LogP contribution in [0.5, 0.6) is 0 Å². The summed E-state index contributed by atoms with van der Waals surface area (Å²) in [5.41, 5.74) is -0.378. The highest BCUT2D eigenvalue weighted by Gasteiger charge is 2.32. The zero-order valence-electron chi connectivity index (χ0n) is 13.9. The molecule has 0 saturated heterocycles. The minimum absolute atomic E-state index is 0.181. The van der Waals surface area contributed by atoms with Crippen molar-refractivity contribution in [1.82, 2.24) is 9.97 Å². The van der Waals surface area contributed by atoms with E-state index in [0.717, 1.165) is 19.2 Å². The Kier molecular flexibility index (Phi) is 4.76. The van der Waals surface area contributed by atoms with Crippen molar-refractivity contribution < 1.29 is 27.5 Å². The molecule has 0 aliphatic rings. The Morgan fingerprint density at radius 1 is 0.963 bits per heavy atom. The number of aromatic nitrogens is 2. The molecule has 3 aromatic rings. The van der Waals surface area contributed by atoms with E-state index in [1.54, 1.807) is 6.07 Å². The van der Waals surface area contributed by atoms with Crippen LogP contribution in [0.2, 0.25) is 0 Å². The van der Waals surface area contributed by atoms with Gasteiger partial charge >= 0.3 is 12.1 Å². The Hall–Kier alpha value is -3.49. The van der Waals surface area contributed by atoms with Gasteiger partial charge in [-0.2, -0.15) is 13.2 Å². The SMILES string of the molecule is COC(=O)c1cc(NC(=O)c2ccc3nccnc3c2)cc(C(F)(F)F)c1. The largest absolute Gasteiger partial charge is 0.465 e. The number of carbonyl (C=O) groups excluding carboxylic acids is 2. The Bertz CT molecular complexity index is 1040. The fraction of sp³-hybridized carbons (Fsp3) is 0.111. The normalized spacial score (nSPS) is 11.3. The first kappa shape index (κ1) is 18.3. The molecule has 9 heteroatoms. The van der Waals surface area contributed by atoms with Crippen molar-refractivity contribution in [3.05, 3.63) is 65.5 Å². The number of anilines is 1. The van der Waals surface area contributed by atoms with Crippen molar-refractivity contribution in [3.63, 3.8) is 0 Å². The second kappa shape index (κ2) is 7.02. The van der Waals surface area contributed by atoms with E-state index in [-0.39, 0.29) is 16.8 Å². The molecule has 3 rings (SSSR count). The van der Waals surface area contributed by atoms with Crippen LogP contribution in [0.25, 0.3) is 11.0 Å². The second-order valence-electron chi connectivity index (χ2n) is 5.50. The Labute approximate surface area is 151 Å². The van der Waals surface area contributed by atoms with Crippen LogP contribution in [0, 0.1) is 0 Å². The predicted octanol–water partition coefficient (Wildman–Crippen LogP) is 3.69. The van der Waals surface area contributed by atoms with E-state index in [1.165, 1.54) is 24.5 Å². The molecule has 1 aromatic heterocycles. The van der Waals surface area contributed by atoms with E-state index >= 15 is 0 Å². The minimum atomic E-state index is -4.69. The van der Waals surface area contributed by atoms with Crippen LogP contribution in [0.4, 0.5) is 18.9 Å². The van der Waals surface area contributed by atoms with Crippen LogP contribution in [0.3, 0.4) is 0 Å². The number of nitrogens with one attached hydrogen (secondary N) is 1. The molecule has 138 valence electrons. The number of alkyl halides is 3. The number of methoxy groups -OCH3 is 1. The molecule has 0 atom stereocenters. The third kappa shape index (κ3) is 4.02. The number of rotatable bonds is 3. The number of fused-ring (bicyclic) bond motifs is 1. The second-order valence-corrected chi connectivity index (χ2v) is 5.50. The molecular weight excluding hydrogens is 363 g/mol. The Balaban J connectivity index is 1.95. The molecular formula is C18H12F3N3O3. The summed E-state index contributed by atoms with van der Waals surface area (Å²) in [6.45, 7) is 0. The molecule has 0 aliphatic carbocycles. The number of halogens is 3. The highest BCUT2D eigenvalue weighted by molar-refractivity contribution is 6.06. The summed E-state index contributed by atoms with van der Waals surface area (Å²) in [6, 6.07) is 7.02. The molecule has 0 spiro atoms. The molecule has 1 N–H and O–H groups in total. The summed E-state index contributed by atoms with van der Waals surface area (Å²) in [4.78, 5) is 32.2. The summed E-state index contributed by atoms with van der Waals surface area (Å²) >= 11 is 0. The highest BCUT2D eigenvalue weighted by Crippen LogP contribution is 2.32. The third-order valence-electron chi connectivity index (χ3n) is 3.67. The standard InChI is InChI=1S/C18H12F3N3O3/c1-27-17(26)11-6-12(18(19,20)21)9-13(7-11)24-16(25)10-2-3-14-15(8-10)23-5-4-22-14/h2-9H,1H3,(H,24,25). The number of benzene rings is 2. The average Bonchev–Trinajstić information content (AvgIpc) is 2.66. The highest BCUT2D eigenvalue weighted by atomic mass is 19.4. The predicted molar refractivity (Wildman–Crippen MR) is 90.3 cm³/mol. The zero-order valence-corrected chi connectivity index (χ0v) is 13.9. The van der Waals surface area contributed by atoms with E-state index in [9.17, 15) is 22.8 Å². The van der Waals surface area contributed by atoms with Gasteiger partial charge in [-0.25, -0.2) is 4.79 Å². The fourth-order valence-corrected chi connectivity index (χ4v) is 2.41. The van der Waals surface area contributed by atoms with E-state index < -0.39 is 23.6 Å². The molecule has 27 heavy (non-hydrogen) atoms. The number of hydrogen-bond donors (Lipinski definition) is 1. The van der Waals surface area contributed by atoms with Gasteiger partial charge in [0.25, 0.3) is 5.91 Å². The average molecular weight is 375 g/mol. The van der Waals surface area contributed by atoms with Gasteiger partial charge in [0.05, 0.1) is 29.3 Å². The number of nitrogens with zero attached hydrogens (tertiary/aromatic N) is 2. The quantitative estimate of drug-likeness (QED) is 0.706.